The summed E-state index contributed by atoms with van der Waals surface area (Å²) in [5, 5.41) is 11.9. The van der Waals surface area contributed by atoms with E-state index in [-0.39, 0.29) is 10.9 Å². The second kappa shape index (κ2) is 5.35. The third kappa shape index (κ3) is 2.61. The Morgan fingerprint density at radius 1 is 1.39 bits per heavy atom. The molecule has 1 aromatic carbocycles. The predicted octanol–water partition coefficient (Wildman–Crippen LogP) is 2.55. The van der Waals surface area contributed by atoms with Crippen LogP contribution in [0.2, 0.25) is 5.02 Å². The Morgan fingerprint density at radius 2 is 2.06 bits per heavy atom. The van der Waals surface area contributed by atoms with Gasteiger partial charge in [0.25, 0.3) is 5.91 Å². The summed E-state index contributed by atoms with van der Waals surface area (Å²) in [4.78, 5) is 13.8. The number of hydrogen-bond donors (Lipinski definition) is 1. The van der Waals surface area contributed by atoms with Gasteiger partial charge >= 0.3 is 0 Å². The van der Waals surface area contributed by atoms with Crippen molar-refractivity contribution in [3.05, 3.63) is 34.6 Å². The first-order valence-corrected chi connectivity index (χ1v) is 5.93. The van der Waals surface area contributed by atoms with E-state index in [2.05, 4.69) is 5.16 Å². The smallest absolute Gasteiger partial charge is 0.255 e. The largest absolute Gasteiger partial charge is 0.411 e. The second-order valence-electron chi connectivity index (χ2n) is 4.08. The van der Waals surface area contributed by atoms with Gasteiger partial charge in [0.1, 0.15) is 5.82 Å². The molecule has 18 heavy (non-hydrogen) atoms. The highest BCUT2D eigenvalue weighted by atomic mass is 35.5. The fourth-order valence-electron chi connectivity index (χ4n) is 1.90. The summed E-state index contributed by atoms with van der Waals surface area (Å²) in [6.45, 7) is 0.956. The second-order valence-corrected chi connectivity index (χ2v) is 4.49. The molecule has 2 rings (SSSR count). The van der Waals surface area contributed by atoms with Crippen molar-refractivity contribution in [2.75, 3.05) is 13.1 Å². The summed E-state index contributed by atoms with van der Waals surface area (Å²) in [5.41, 5.74) is 0.978. The highest BCUT2D eigenvalue weighted by molar-refractivity contribution is 6.33. The van der Waals surface area contributed by atoms with Crippen LogP contribution in [0.1, 0.15) is 23.2 Å². The van der Waals surface area contributed by atoms with Gasteiger partial charge in [0, 0.05) is 25.9 Å². The van der Waals surface area contributed by atoms with Gasteiger partial charge in [0.2, 0.25) is 0 Å². The van der Waals surface area contributed by atoms with Crippen LogP contribution >= 0.6 is 11.6 Å². The van der Waals surface area contributed by atoms with Crippen LogP contribution in [0, 0.1) is 5.82 Å². The first-order chi connectivity index (χ1) is 8.61. The molecule has 1 heterocycles. The number of benzene rings is 1. The van der Waals surface area contributed by atoms with Crippen LogP contribution in [-0.2, 0) is 0 Å². The van der Waals surface area contributed by atoms with Crippen LogP contribution in [-0.4, -0.2) is 34.8 Å². The quantitative estimate of drug-likeness (QED) is 0.630. The lowest BCUT2D eigenvalue weighted by molar-refractivity contribution is 0.0754. The van der Waals surface area contributed by atoms with E-state index in [9.17, 15) is 9.18 Å². The minimum Gasteiger partial charge on any atom is -0.411 e. The van der Waals surface area contributed by atoms with Gasteiger partial charge in [-0.3, -0.25) is 4.79 Å². The molecule has 1 aliphatic rings. The summed E-state index contributed by atoms with van der Waals surface area (Å²) in [5.74, 6) is -0.693. The molecule has 0 bridgehead atoms. The maximum Gasteiger partial charge on any atom is 0.255 e. The van der Waals surface area contributed by atoms with Crippen molar-refractivity contribution in [3.63, 3.8) is 0 Å². The van der Waals surface area contributed by atoms with Gasteiger partial charge in [0.05, 0.1) is 16.3 Å². The third-order valence-corrected chi connectivity index (χ3v) is 3.24. The molecule has 0 aliphatic carbocycles. The van der Waals surface area contributed by atoms with Crippen LogP contribution in [0.3, 0.4) is 0 Å². The van der Waals surface area contributed by atoms with Crippen molar-refractivity contribution in [3.8, 4) is 0 Å². The SMILES string of the molecule is O=C(c1ccc(F)cc1Cl)N1CCC(=NO)CC1. The van der Waals surface area contributed by atoms with Gasteiger partial charge in [-0.2, -0.15) is 0 Å². The Bertz CT molecular complexity index is 495. The molecule has 0 radical (unpaired) electrons. The van der Waals surface area contributed by atoms with E-state index in [1.165, 1.54) is 12.1 Å². The number of likely N-dealkylation sites (tertiary alicyclic amines) is 1. The van der Waals surface area contributed by atoms with Gasteiger partial charge in [-0.15, -0.1) is 0 Å². The highest BCUT2D eigenvalue weighted by Gasteiger charge is 2.22. The van der Waals surface area contributed by atoms with Crippen molar-refractivity contribution in [2.24, 2.45) is 5.16 Å². The van der Waals surface area contributed by atoms with Crippen molar-refractivity contribution >= 4 is 23.2 Å². The molecule has 6 heteroatoms. The summed E-state index contributed by atoms with van der Waals surface area (Å²) in [6.07, 6.45) is 1.09. The van der Waals surface area contributed by atoms with Crippen molar-refractivity contribution in [1.29, 1.82) is 0 Å². The topological polar surface area (TPSA) is 52.9 Å². The van der Waals surface area contributed by atoms with Crippen LogP contribution in [0.4, 0.5) is 4.39 Å². The lowest BCUT2D eigenvalue weighted by Crippen LogP contribution is -2.38. The molecule has 4 nitrogen and oxygen atoms in total. The normalized spacial score (nSPS) is 15.7. The first-order valence-electron chi connectivity index (χ1n) is 5.56. The Balaban J connectivity index is 2.12. The molecule has 0 saturated carbocycles. The molecule has 1 saturated heterocycles. The average molecular weight is 271 g/mol. The van der Waals surface area contributed by atoms with E-state index in [1.807, 2.05) is 0 Å². The molecular formula is C12H12ClFN2O2. The minimum absolute atomic E-state index is 0.113. The maximum absolute atomic E-state index is 12.9. The number of nitrogens with zero attached hydrogens (tertiary/aromatic N) is 2. The van der Waals surface area contributed by atoms with Crippen molar-refractivity contribution in [1.82, 2.24) is 4.90 Å². The molecule has 0 aromatic heterocycles. The summed E-state index contributed by atoms with van der Waals surface area (Å²) in [6, 6.07) is 3.72. The average Bonchev–Trinajstić information content (AvgIpc) is 2.38. The summed E-state index contributed by atoms with van der Waals surface area (Å²) in [7, 11) is 0. The number of carbonyl (C=O) groups excluding carboxylic acids is 1. The molecule has 1 aromatic rings. The number of piperidine rings is 1. The van der Waals surface area contributed by atoms with E-state index in [4.69, 9.17) is 16.8 Å². The number of rotatable bonds is 1. The van der Waals surface area contributed by atoms with Gasteiger partial charge < -0.3 is 10.1 Å². The van der Waals surface area contributed by atoms with Crippen molar-refractivity contribution < 1.29 is 14.4 Å². The Kier molecular flexibility index (Phi) is 3.81. The number of hydrogen-bond acceptors (Lipinski definition) is 3. The minimum atomic E-state index is -0.468. The molecule has 0 atom stereocenters. The lowest BCUT2D eigenvalue weighted by Gasteiger charge is -2.27. The number of oxime groups is 1. The number of carbonyl (C=O) groups is 1. The molecule has 96 valence electrons. The van der Waals surface area contributed by atoms with E-state index in [0.29, 0.717) is 37.2 Å². The van der Waals surface area contributed by atoms with Crippen molar-refractivity contribution in [2.45, 2.75) is 12.8 Å². The Labute approximate surface area is 109 Å². The Morgan fingerprint density at radius 3 is 2.61 bits per heavy atom. The molecule has 1 amide bonds. The van der Waals surface area contributed by atoms with Gasteiger partial charge in [-0.25, -0.2) is 4.39 Å². The molecular weight excluding hydrogens is 259 g/mol. The fourth-order valence-corrected chi connectivity index (χ4v) is 2.15. The fraction of sp³-hybridized carbons (Fsp3) is 0.333. The lowest BCUT2D eigenvalue weighted by atomic mass is 10.1. The molecule has 1 fully saturated rings. The summed E-state index contributed by atoms with van der Waals surface area (Å²) >= 11 is 5.85. The van der Waals surface area contributed by atoms with Gasteiger partial charge in [-0.1, -0.05) is 16.8 Å². The van der Waals surface area contributed by atoms with E-state index in [1.54, 1.807) is 4.90 Å². The van der Waals surface area contributed by atoms with Crippen LogP contribution in [0.15, 0.2) is 23.4 Å². The van der Waals surface area contributed by atoms with Gasteiger partial charge in [0.15, 0.2) is 0 Å². The van der Waals surface area contributed by atoms with E-state index >= 15 is 0 Å². The van der Waals surface area contributed by atoms with E-state index < -0.39 is 5.82 Å². The highest BCUT2D eigenvalue weighted by Crippen LogP contribution is 2.20. The molecule has 1 aliphatic heterocycles. The van der Waals surface area contributed by atoms with Crippen LogP contribution in [0.25, 0.3) is 0 Å². The Hall–Kier alpha value is -1.62. The number of halogens is 2. The standard InChI is InChI=1S/C12H12ClFN2O2/c13-11-7-8(14)1-2-10(11)12(17)16-5-3-9(15-18)4-6-16/h1-2,7,18H,3-6H2. The predicted molar refractivity (Wildman–Crippen MR) is 65.8 cm³/mol. The van der Waals surface area contributed by atoms with E-state index in [0.717, 1.165) is 6.07 Å². The zero-order valence-electron chi connectivity index (χ0n) is 9.57. The number of amides is 1. The first kappa shape index (κ1) is 12.8. The third-order valence-electron chi connectivity index (χ3n) is 2.93. The van der Waals surface area contributed by atoms with Crippen LogP contribution in [0.5, 0.6) is 0 Å². The molecule has 1 N–H and O–H groups in total. The zero-order chi connectivity index (χ0) is 13.1. The molecule has 0 spiro atoms. The molecule has 0 unspecified atom stereocenters. The van der Waals surface area contributed by atoms with Gasteiger partial charge in [-0.05, 0) is 18.2 Å². The monoisotopic (exact) mass is 270 g/mol. The van der Waals surface area contributed by atoms with Crippen LogP contribution < -0.4 is 0 Å². The summed E-state index contributed by atoms with van der Waals surface area (Å²) < 4.78 is 12.9. The maximum atomic E-state index is 12.9. The zero-order valence-corrected chi connectivity index (χ0v) is 10.3.